The van der Waals surface area contributed by atoms with Crippen LogP contribution in [0.25, 0.3) is 0 Å². The summed E-state index contributed by atoms with van der Waals surface area (Å²) in [6, 6.07) is 19.0. The Bertz CT molecular complexity index is 895. The van der Waals surface area contributed by atoms with Crippen LogP contribution in [0.1, 0.15) is 34.1 Å². The van der Waals surface area contributed by atoms with E-state index in [0.717, 1.165) is 11.3 Å². The molecule has 0 bridgehead atoms. The molecule has 1 aliphatic rings. The zero-order valence-electron chi connectivity index (χ0n) is 13.5. The number of carbonyl (C=O) groups is 1. The maximum absolute atomic E-state index is 13.0. The van der Waals surface area contributed by atoms with Crippen molar-refractivity contribution < 1.29 is 4.79 Å². The minimum Gasteiger partial charge on any atom is -0.267 e. The monoisotopic (exact) mass is 328 g/mol. The van der Waals surface area contributed by atoms with Crippen molar-refractivity contribution in [3.05, 3.63) is 96.1 Å². The number of amides is 1. The van der Waals surface area contributed by atoms with E-state index in [9.17, 15) is 4.79 Å². The van der Waals surface area contributed by atoms with Crippen LogP contribution >= 0.6 is 0 Å². The normalized spacial score (nSPS) is 16.6. The van der Waals surface area contributed by atoms with E-state index in [1.54, 1.807) is 35.7 Å². The van der Waals surface area contributed by atoms with Gasteiger partial charge in [-0.1, -0.05) is 48.5 Å². The van der Waals surface area contributed by atoms with E-state index < -0.39 is 0 Å². The second-order valence-corrected chi connectivity index (χ2v) is 5.78. The molecular weight excluding hydrogens is 312 g/mol. The second kappa shape index (κ2) is 6.65. The summed E-state index contributed by atoms with van der Waals surface area (Å²) >= 11 is 0. The molecule has 5 nitrogen and oxygen atoms in total. The number of rotatable bonds is 3. The lowest BCUT2D eigenvalue weighted by Gasteiger charge is -2.22. The van der Waals surface area contributed by atoms with Crippen LogP contribution in [0.15, 0.2) is 84.4 Å². The van der Waals surface area contributed by atoms with Crippen molar-refractivity contribution in [3.8, 4) is 0 Å². The molecule has 1 amide bonds. The minimum absolute atomic E-state index is 0.117. The Balaban J connectivity index is 1.73. The molecule has 122 valence electrons. The third-order valence-corrected chi connectivity index (χ3v) is 4.18. The van der Waals surface area contributed by atoms with Crippen LogP contribution < -0.4 is 0 Å². The molecule has 0 saturated carbocycles. The molecule has 1 aromatic heterocycles. The summed E-state index contributed by atoms with van der Waals surface area (Å²) in [6.07, 6.45) is 5.55. The van der Waals surface area contributed by atoms with Crippen LogP contribution in [-0.4, -0.2) is 26.6 Å². The van der Waals surface area contributed by atoms with Crippen LogP contribution in [0.4, 0.5) is 0 Å². The van der Waals surface area contributed by atoms with Gasteiger partial charge in [0.15, 0.2) is 0 Å². The third-order valence-electron chi connectivity index (χ3n) is 4.18. The van der Waals surface area contributed by atoms with Gasteiger partial charge in [-0.2, -0.15) is 5.10 Å². The lowest BCUT2D eigenvalue weighted by atomic mass is 10.0. The summed E-state index contributed by atoms with van der Waals surface area (Å²) in [5, 5.41) is 6.15. The highest BCUT2D eigenvalue weighted by atomic mass is 16.2. The smallest absolute Gasteiger partial charge is 0.267 e. The molecule has 5 heteroatoms. The largest absolute Gasteiger partial charge is 0.274 e. The molecule has 0 spiro atoms. The Morgan fingerprint density at radius 3 is 2.36 bits per heavy atom. The molecule has 0 saturated heterocycles. The van der Waals surface area contributed by atoms with Crippen LogP contribution in [0.2, 0.25) is 0 Å². The van der Waals surface area contributed by atoms with Crippen molar-refractivity contribution in [2.75, 3.05) is 0 Å². The first-order valence-electron chi connectivity index (χ1n) is 8.10. The van der Waals surface area contributed by atoms with Crippen molar-refractivity contribution >= 4 is 11.6 Å². The van der Waals surface area contributed by atoms with E-state index in [1.165, 1.54) is 0 Å². The van der Waals surface area contributed by atoms with Crippen LogP contribution in [0.5, 0.6) is 0 Å². The molecular formula is C20H16N4O. The topological polar surface area (TPSA) is 58.5 Å². The molecule has 0 aliphatic carbocycles. The molecule has 0 fully saturated rings. The van der Waals surface area contributed by atoms with Crippen molar-refractivity contribution in [3.63, 3.8) is 0 Å². The Labute approximate surface area is 145 Å². The molecule has 1 aliphatic heterocycles. The fraction of sp³-hybridized carbons (Fsp3) is 0.100. The van der Waals surface area contributed by atoms with Gasteiger partial charge in [0.2, 0.25) is 0 Å². The van der Waals surface area contributed by atoms with Gasteiger partial charge in [0, 0.05) is 24.4 Å². The molecule has 25 heavy (non-hydrogen) atoms. The predicted molar refractivity (Wildman–Crippen MR) is 95.0 cm³/mol. The minimum atomic E-state index is -0.147. The first kappa shape index (κ1) is 15.2. The van der Waals surface area contributed by atoms with Crippen LogP contribution in [0.3, 0.4) is 0 Å². The van der Waals surface area contributed by atoms with E-state index in [4.69, 9.17) is 0 Å². The Morgan fingerprint density at radius 2 is 1.68 bits per heavy atom. The lowest BCUT2D eigenvalue weighted by molar-refractivity contribution is 0.0711. The van der Waals surface area contributed by atoms with Crippen molar-refractivity contribution in [1.82, 2.24) is 15.0 Å². The number of nitrogens with zero attached hydrogens (tertiary/aromatic N) is 4. The highest BCUT2D eigenvalue weighted by Crippen LogP contribution is 2.33. The maximum Gasteiger partial charge on any atom is 0.274 e. The predicted octanol–water partition coefficient (Wildman–Crippen LogP) is 3.47. The molecule has 1 atom stereocenters. The van der Waals surface area contributed by atoms with Gasteiger partial charge >= 0.3 is 0 Å². The van der Waals surface area contributed by atoms with E-state index >= 15 is 0 Å². The molecule has 1 unspecified atom stereocenters. The van der Waals surface area contributed by atoms with E-state index in [-0.39, 0.29) is 11.9 Å². The van der Waals surface area contributed by atoms with E-state index in [0.29, 0.717) is 17.7 Å². The fourth-order valence-corrected chi connectivity index (χ4v) is 2.95. The maximum atomic E-state index is 13.0. The first-order chi connectivity index (χ1) is 12.3. The molecule has 2 aromatic carbocycles. The standard InChI is InChI=1S/C20H16N4O/c25-20(16-9-5-2-6-10-16)24-19(15-7-3-1-4-8-15)13-17(23-24)18-14-21-11-12-22-18/h1-12,14,19H,13H2. The van der Waals surface area contributed by atoms with Gasteiger partial charge in [0.1, 0.15) is 5.69 Å². The van der Waals surface area contributed by atoms with Crippen molar-refractivity contribution in [2.45, 2.75) is 12.5 Å². The third kappa shape index (κ3) is 3.04. The van der Waals surface area contributed by atoms with Gasteiger partial charge in [0.25, 0.3) is 5.91 Å². The van der Waals surface area contributed by atoms with Crippen molar-refractivity contribution in [1.29, 1.82) is 0 Å². The van der Waals surface area contributed by atoms with Gasteiger partial charge in [-0.05, 0) is 17.7 Å². The molecule has 0 N–H and O–H groups in total. The Kier molecular flexibility index (Phi) is 4.04. The molecule has 4 rings (SSSR count). The van der Waals surface area contributed by atoms with Gasteiger partial charge in [-0.25, -0.2) is 5.01 Å². The second-order valence-electron chi connectivity index (χ2n) is 5.78. The summed E-state index contributed by atoms with van der Waals surface area (Å²) in [6.45, 7) is 0. The SMILES string of the molecule is O=C(c1ccccc1)N1N=C(c2cnccn2)CC1c1ccccc1. The number of benzene rings is 2. The quantitative estimate of drug-likeness (QED) is 0.740. The highest BCUT2D eigenvalue weighted by Gasteiger charge is 2.34. The number of aromatic nitrogens is 2. The fourth-order valence-electron chi connectivity index (χ4n) is 2.95. The number of hydrogen-bond donors (Lipinski definition) is 0. The van der Waals surface area contributed by atoms with Crippen LogP contribution in [0, 0.1) is 0 Å². The first-order valence-corrected chi connectivity index (χ1v) is 8.10. The molecule has 3 aromatic rings. The molecule has 2 heterocycles. The number of hydrogen-bond acceptors (Lipinski definition) is 4. The number of hydrazone groups is 1. The summed E-state index contributed by atoms with van der Waals surface area (Å²) in [5.41, 5.74) is 3.14. The zero-order chi connectivity index (χ0) is 17.1. The van der Waals surface area contributed by atoms with E-state index in [2.05, 4.69) is 15.1 Å². The van der Waals surface area contributed by atoms with Gasteiger partial charge in [-0.15, -0.1) is 0 Å². The lowest BCUT2D eigenvalue weighted by Crippen LogP contribution is -2.27. The average Bonchev–Trinajstić information content (AvgIpc) is 3.15. The number of carbonyl (C=O) groups excluding carboxylic acids is 1. The summed E-state index contributed by atoms with van der Waals surface area (Å²) < 4.78 is 0. The van der Waals surface area contributed by atoms with E-state index in [1.807, 2.05) is 48.5 Å². The van der Waals surface area contributed by atoms with Gasteiger partial charge < -0.3 is 0 Å². The van der Waals surface area contributed by atoms with Crippen molar-refractivity contribution in [2.24, 2.45) is 5.10 Å². The summed E-state index contributed by atoms with van der Waals surface area (Å²) in [4.78, 5) is 21.4. The van der Waals surface area contributed by atoms with Crippen LogP contribution in [-0.2, 0) is 0 Å². The van der Waals surface area contributed by atoms with Gasteiger partial charge in [-0.3, -0.25) is 14.8 Å². The highest BCUT2D eigenvalue weighted by molar-refractivity contribution is 6.03. The zero-order valence-corrected chi connectivity index (χ0v) is 13.5. The average molecular weight is 328 g/mol. The summed E-state index contributed by atoms with van der Waals surface area (Å²) in [7, 11) is 0. The Hall–Kier alpha value is -3.34. The summed E-state index contributed by atoms with van der Waals surface area (Å²) in [5.74, 6) is -0.117. The van der Waals surface area contributed by atoms with Gasteiger partial charge in [0.05, 0.1) is 18.0 Å². The Morgan fingerprint density at radius 1 is 0.960 bits per heavy atom. The molecule has 0 radical (unpaired) electrons.